The van der Waals surface area contributed by atoms with Crippen LogP contribution in [-0.4, -0.2) is 140 Å². The maximum Gasteiger partial charge on any atom is 0.253 e. The first-order chi connectivity index (χ1) is 32.1. The van der Waals surface area contributed by atoms with Gasteiger partial charge in [0.25, 0.3) is 11.8 Å². The summed E-state index contributed by atoms with van der Waals surface area (Å²) < 4.78 is 68.6. The van der Waals surface area contributed by atoms with Gasteiger partial charge in [0.15, 0.2) is 29.1 Å². The summed E-state index contributed by atoms with van der Waals surface area (Å²) >= 11 is 1.46. The maximum atomic E-state index is 17.7. The van der Waals surface area contributed by atoms with Crippen molar-refractivity contribution in [1.29, 1.82) is 0 Å². The Labute approximate surface area is 391 Å². The molecule has 0 aromatic heterocycles. The molecule has 360 valence electrons. The second-order valence-electron chi connectivity index (χ2n) is 18.1. The van der Waals surface area contributed by atoms with Gasteiger partial charge in [-0.2, -0.15) is 0 Å². The number of anilines is 1. The number of benzene rings is 2. The molecule has 8 rings (SSSR count). The van der Waals surface area contributed by atoms with E-state index < -0.39 is 76.8 Å². The minimum absolute atomic E-state index is 0.0115. The molecule has 1 saturated heterocycles. The van der Waals surface area contributed by atoms with Crippen LogP contribution in [-0.2, 0) is 52.4 Å². The fourth-order valence-corrected chi connectivity index (χ4v) is 12.0. The van der Waals surface area contributed by atoms with E-state index in [1.807, 2.05) is 42.5 Å². The number of amides is 3. The van der Waals surface area contributed by atoms with E-state index in [4.69, 9.17) is 28.4 Å². The first-order valence-corrected chi connectivity index (χ1v) is 23.4. The van der Waals surface area contributed by atoms with Gasteiger partial charge in [0, 0.05) is 49.9 Å². The third-order valence-electron chi connectivity index (χ3n) is 14.4. The molecule has 2 aliphatic heterocycles. The zero-order valence-electron chi connectivity index (χ0n) is 37.4. The number of aliphatic hydroxyl groups is 2. The number of alkyl halides is 2. The molecule has 15 nitrogen and oxygen atoms in total. The van der Waals surface area contributed by atoms with E-state index in [9.17, 15) is 34.2 Å². The molecule has 2 aromatic carbocycles. The topological polar surface area (TPSA) is 196 Å². The van der Waals surface area contributed by atoms with Crippen molar-refractivity contribution < 1.29 is 71.4 Å². The summed E-state index contributed by atoms with van der Waals surface area (Å²) in [6, 6.07) is 14.7. The second kappa shape index (κ2) is 20.2. The van der Waals surface area contributed by atoms with Crippen LogP contribution in [0, 0.1) is 22.7 Å². The van der Waals surface area contributed by atoms with Gasteiger partial charge in [-0.15, -0.1) is 0 Å². The molecule has 18 heteroatoms. The quantitative estimate of drug-likeness (QED) is 0.114. The average molecular weight is 951 g/mol. The maximum absolute atomic E-state index is 17.7. The molecule has 0 spiro atoms. The van der Waals surface area contributed by atoms with Crippen molar-refractivity contribution >= 4 is 46.7 Å². The van der Waals surface area contributed by atoms with Crippen LogP contribution in [0.4, 0.5) is 14.5 Å². The summed E-state index contributed by atoms with van der Waals surface area (Å²) in [6.07, 6.45) is 0.779. The van der Waals surface area contributed by atoms with Gasteiger partial charge in [-0.3, -0.25) is 28.9 Å². The number of nitrogens with one attached hydrogen (secondary N) is 1. The van der Waals surface area contributed by atoms with E-state index in [1.54, 1.807) is 13.0 Å². The van der Waals surface area contributed by atoms with Gasteiger partial charge >= 0.3 is 0 Å². The van der Waals surface area contributed by atoms with E-state index in [2.05, 4.69) is 5.32 Å². The van der Waals surface area contributed by atoms with Crippen LogP contribution in [0.3, 0.4) is 0 Å². The number of carbonyl (C=O) groups is 5. The normalized spacial score (nSPS) is 32.8. The number of rotatable bonds is 21. The number of halogens is 2. The monoisotopic (exact) mass is 950 g/mol. The summed E-state index contributed by atoms with van der Waals surface area (Å²) in [7, 11) is 0. The zero-order chi connectivity index (χ0) is 47.6. The van der Waals surface area contributed by atoms with Gasteiger partial charge in [-0.05, 0) is 80.2 Å². The highest BCUT2D eigenvalue weighted by atomic mass is 32.2. The van der Waals surface area contributed by atoms with Crippen LogP contribution in [0.15, 0.2) is 94.3 Å². The molecule has 0 radical (unpaired) electrons. The van der Waals surface area contributed by atoms with Gasteiger partial charge < -0.3 is 44.0 Å². The van der Waals surface area contributed by atoms with Crippen molar-refractivity contribution in [2.75, 3.05) is 71.3 Å². The lowest BCUT2D eigenvalue weighted by Gasteiger charge is -2.63. The highest BCUT2D eigenvalue weighted by molar-refractivity contribution is 7.99. The molecule has 0 unspecified atom stereocenters. The number of Topliss-reactive ketones (excluding diaryl/α,β-unsaturated/α-hetero) is 1. The van der Waals surface area contributed by atoms with Gasteiger partial charge in [-0.1, -0.05) is 43.0 Å². The number of hydrogen-bond acceptors (Lipinski definition) is 14. The Bertz CT molecular complexity index is 2290. The number of ketones is 2. The van der Waals surface area contributed by atoms with Gasteiger partial charge in [0.05, 0.1) is 78.0 Å². The number of ether oxygens (including phenoxy) is 6. The predicted molar refractivity (Wildman–Crippen MR) is 237 cm³/mol. The van der Waals surface area contributed by atoms with Crippen LogP contribution in [0.5, 0.6) is 0 Å². The highest BCUT2D eigenvalue weighted by Gasteiger charge is 2.80. The molecule has 4 aliphatic carbocycles. The lowest BCUT2D eigenvalue weighted by atomic mass is 9.44. The first-order valence-electron chi connectivity index (χ1n) is 22.6. The molecule has 6 aliphatic rings. The fraction of sp³-hybridized carbons (Fsp3) is 0.531. The van der Waals surface area contributed by atoms with E-state index in [-0.39, 0.29) is 68.7 Å². The molecule has 2 heterocycles. The minimum atomic E-state index is -2.34. The van der Waals surface area contributed by atoms with Gasteiger partial charge in [0.2, 0.25) is 5.91 Å². The SMILES string of the molecule is C[C@]12C=CC(=O)C=C1[C@@H](F)C[C@H]1[C@@H]3C[C@H]4O[C@@H](c5ccc(Sc6cccc(NC(=O)CCOCCOCCOCCOCCN7C(=O)C=CC7=O)c6)cc5)O[C@@]4(C(=O)CO)[C@@]3(C)C[C@H](O)[C@@]12F. The number of fused-ring (bicyclic) bond motifs is 7. The average Bonchev–Trinajstić information content (AvgIpc) is 3.93. The molecule has 3 saturated carbocycles. The Kier molecular flexibility index (Phi) is 14.8. The Morgan fingerprint density at radius 1 is 0.866 bits per heavy atom. The van der Waals surface area contributed by atoms with Crippen molar-refractivity contribution in [3.05, 3.63) is 90.0 Å². The van der Waals surface area contributed by atoms with Crippen LogP contribution < -0.4 is 5.32 Å². The van der Waals surface area contributed by atoms with Crippen LogP contribution in [0.25, 0.3) is 0 Å². The van der Waals surface area contributed by atoms with Crippen molar-refractivity contribution in [3.63, 3.8) is 0 Å². The van der Waals surface area contributed by atoms with Gasteiger partial charge in [0.1, 0.15) is 12.8 Å². The Hall–Kier alpha value is -4.50. The fourth-order valence-electron chi connectivity index (χ4n) is 11.1. The summed E-state index contributed by atoms with van der Waals surface area (Å²) in [5.41, 5.74) is -5.65. The van der Waals surface area contributed by atoms with Crippen molar-refractivity contribution in [2.24, 2.45) is 22.7 Å². The summed E-state index contributed by atoms with van der Waals surface area (Å²) in [6.45, 7) is 5.04. The Balaban J connectivity index is 0.774. The van der Waals surface area contributed by atoms with Crippen molar-refractivity contribution in [3.8, 4) is 0 Å². The number of carbonyl (C=O) groups excluding carboxylic acids is 5. The van der Waals surface area contributed by atoms with Crippen LogP contribution in [0.1, 0.15) is 51.4 Å². The molecule has 2 aromatic rings. The molecule has 4 fully saturated rings. The van der Waals surface area contributed by atoms with Crippen molar-refractivity contribution in [1.82, 2.24) is 4.90 Å². The molecule has 67 heavy (non-hydrogen) atoms. The highest BCUT2D eigenvalue weighted by Crippen LogP contribution is 2.72. The smallest absolute Gasteiger partial charge is 0.253 e. The number of hydrogen-bond donors (Lipinski definition) is 3. The van der Waals surface area contributed by atoms with E-state index >= 15 is 8.78 Å². The molecule has 10 atom stereocenters. The molecule has 0 bridgehead atoms. The lowest BCUT2D eigenvalue weighted by molar-refractivity contribution is -0.235. The van der Waals surface area contributed by atoms with E-state index in [0.29, 0.717) is 50.9 Å². The number of allylic oxidation sites excluding steroid dienone is 4. The largest absolute Gasteiger partial charge is 0.390 e. The summed E-state index contributed by atoms with van der Waals surface area (Å²) in [5, 5.41) is 25.0. The summed E-state index contributed by atoms with van der Waals surface area (Å²) in [5.74, 6) is -3.67. The predicted octanol–water partition coefficient (Wildman–Crippen LogP) is 4.80. The lowest BCUT2D eigenvalue weighted by Crippen LogP contribution is -2.70. The zero-order valence-corrected chi connectivity index (χ0v) is 38.2. The van der Waals surface area contributed by atoms with Crippen LogP contribution >= 0.6 is 11.8 Å². The van der Waals surface area contributed by atoms with Gasteiger partial charge in [-0.25, -0.2) is 8.78 Å². The Morgan fingerprint density at radius 2 is 1.52 bits per heavy atom. The number of aliphatic hydroxyl groups excluding tert-OH is 2. The van der Waals surface area contributed by atoms with E-state index in [1.165, 1.54) is 43.0 Å². The molecule has 3 N–H and O–H groups in total. The first kappa shape index (κ1) is 48.9. The molecule has 3 amide bonds. The standard InChI is InChI=1S/C49H56F2N2O13S/c1-46-14-12-32(55)25-37(46)38(50)26-36-35-27-41-49(40(57)29-54,47(35,2)28-39(56)48(36,46)51)66-45(65-41)30-6-8-33(9-7-30)67-34-5-3-4-31(24-34)52-42(58)13-16-61-18-20-63-22-23-64-21-19-62-17-15-53-43(59)10-11-44(53)60/h3-12,14,24-25,35-36,38-39,41,45,54,56H,13,15-23,26-29H2,1-2H3,(H,52,58)/t35-,36-,38-,39-,41+,45+,46-,47-,48-,49+/m0/s1. The van der Waals surface area contributed by atoms with Crippen LogP contribution in [0.2, 0.25) is 0 Å². The third kappa shape index (κ3) is 9.24. The minimum Gasteiger partial charge on any atom is -0.390 e. The third-order valence-corrected chi connectivity index (χ3v) is 15.4. The second-order valence-corrected chi connectivity index (χ2v) is 19.2. The van der Waals surface area contributed by atoms with E-state index in [0.717, 1.165) is 20.8 Å². The number of nitrogens with zero attached hydrogens (tertiary/aromatic N) is 1. The number of imide groups is 1. The van der Waals surface area contributed by atoms with Crippen molar-refractivity contribution in [2.45, 2.75) is 85.3 Å². The molecular weight excluding hydrogens is 895 g/mol. The molecular formula is C49H56F2N2O13S. The Morgan fingerprint density at radius 3 is 2.19 bits per heavy atom. The summed E-state index contributed by atoms with van der Waals surface area (Å²) in [4.78, 5) is 64.7.